The van der Waals surface area contributed by atoms with E-state index in [0.717, 1.165) is 74.4 Å². The molecule has 6 rings (SSSR count). The lowest BCUT2D eigenvalue weighted by Crippen LogP contribution is -2.26. The van der Waals surface area contributed by atoms with Gasteiger partial charge in [-0.15, -0.1) is 0 Å². The highest BCUT2D eigenvalue weighted by molar-refractivity contribution is 5.87. The number of fused-ring (bicyclic) bond motifs is 2. The van der Waals surface area contributed by atoms with Crippen LogP contribution in [-0.2, 0) is 24.8 Å². The van der Waals surface area contributed by atoms with Gasteiger partial charge in [-0.3, -0.25) is 0 Å². The number of carbonyl (C=O) groups is 1. The average Bonchev–Trinajstić information content (AvgIpc) is 3.50. The van der Waals surface area contributed by atoms with Gasteiger partial charge in [0.15, 0.2) is 0 Å². The summed E-state index contributed by atoms with van der Waals surface area (Å²) in [5, 5.41) is 0. The van der Waals surface area contributed by atoms with Gasteiger partial charge in [0.05, 0.1) is 22.1 Å². The van der Waals surface area contributed by atoms with E-state index in [2.05, 4.69) is 42.7 Å². The summed E-state index contributed by atoms with van der Waals surface area (Å²) in [6.45, 7) is 10.3. The highest BCUT2D eigenvalue weighted by Gasteiger charge is 2.20. The zero-order valence-corrected chi connectivity index (χ0v) is 26.5. The molecule has 4 aromatic carbocycles. The molecular formula is C37H37FN4O3. The number of ether oxygens (including phenoxy) is 2. The molecule has 0 radical (unpaired) electrons. The van der Waals surface area contributed by atoms with Crippen LogP contribution in [0.1, 0.15) is 51.1 Å². The van der Waals surface area contributed by atoms with Gasteiger partial charge in [-0.1, -0.05) is 49.4 Å². The summed E-state index contributed by atoms with van der Waals surface area (Å²) >= 11 is 0. The Balaban J connectivity index is 1.34. The topological polar surface area (TPSA) is 71.2 Å². The Morgan fingerprint density at radius 3 is 2.40 bits per heavy atom. The molecule has 0 aliphatic carbocycles. The Labute approximate surface area is 262 Å². The Morgan fingerprint density at radius 1 is 0.911 bits per heavy atom. The molecule has 0 amide bonds. The molecule has 2 heterocycles. The van der Waals surface area contributed by atoms with Gasteiger partial charge in [0.25, 0.3) is 0 Å². The Kier molecular flexibility index (Phi) is 7.91. The minimum absolute atomic E-state index is 0.281. The van der Waals surface area contributed by atoms with E-state index in [1.54, 1.807) is 32.9 Å². The molecule has 0 fully saturated rings. The van der Waals surface area contributed by atoms with Crippen LogP contribution in [0.3, 0.4) is 0 Å². The van der Waals surface area contributed by atoms with Gasteiger partial charge >= 0.3 is 6.16 Å². The molecular weight excluding hydrogens is 567 g/mol. The van der Waals surface area contributed by atoms with Gasteiger partial charge in [0.2, 0.25) is 0 Å². The standard InChI is InChI=1S/C37H37FN4O3/c1-7-10-33-40-34-23(2)19-26(35-39-29-18-17-27(38)21-30(29)41(35)6)20-31(34)42(33)22-24-13-15-25(16-14-24)28-11-8-9-12-32(28)44-36(43)45-37(3,4)5/h8-9,11-21H,7,10,22H2,1-6H3. The van der Waals surface area contributed by atoms with Crippen LogP contribution in [0, 0.1) is 12.7 Å². The third-order valence-electron chi connectivity index (χ3n) is 7.77. The molecule has 2 aromatic heterocycles. The third-order valence-corrected chi connectivity index (χ3v) is 7.77. The van der Waals surface area contributed by atoms with E-state index < -0.39 is 11.8 Å². The van der Waals surface area contributed by atoms with Crippen LogP contribution in [0.2, 0.25) is 0 Å². The van der Waals surface area contributed by atoms with Crippen molar-refractivity contribution in [3.63, 3.8) is 0 Å². The number of carbonyl (C=O) groups excluding carboxylic acids is 1. The quantitative estimate of drug-likeness (QED) is 0.134. The Morgan fingerprint density at radius 2 is 1.67 bits per heavy atom. The summed E-state index contributed by atoms with van der Waals surface area (Å²) in [7, 11) is 1.92. The zero-order valence-electron chi connectivity index (χ0n) is 26.5. The van der Waals surface area contributed by atoms with E-state index in [4.69, 9.17) is 19.4 Å². The first kappa shape index (κ1) is 30.1. The van der Waals surface area contributed by atoms with Crippen LogP contribution in [0.25, 0.3) is 44.6 Å². The highest BCUT2D eigenvalue weighted by Crippen LogP contribution is 2.33. The first-order chi connectivity index (χ1) is 21.5. The minimum Gasteiger partial charge on any atom is -0.428 e. The van der Waals surface area contributed by atoms with Crippen LogP contribution in [0.5, 0.6) is 5.75 Å². The van der Waals surface area contributed by atoms with Crippen molar-refractivity contribution in [3.05, 3.63) is 102 Å². The van der Waals surface area contributed by atoms with Gasteiger partial charge in [0, 0.05) is 31.1 Å². The van der Waals surface area contributed by atoms with Crippen LogP contribution >= 0.6 is 0 Å². The summed E-state index contributed by atoms with van der Waals surface area (Å²) in [6.07, 6.45) is 1.09. The highest BCUT2D eigenvalue weighted by atomic mass is 19.1. The van der Waals surface area contributed by atoms with E-state index in [1.807, 2.05) is 41.9 Å². The number of halogens is 1. The molecule has 0 aliphatic rings. The summed E-state index contributed by atoms with van der Waals surface area (Å²) in [5.74, 6) is 1.97. The van der Waals surface area contributed by atoms with Crippen molar-refractivity contribution in [2.75, 3.05) is 0 Å². The second-order valence-corrected chi connectivity index (χ2v) is 12.4. The predicted octanol–water partition coefficient (Wildman–Crippen LogP) is 9.02. The number of aryl methyl sites for hydroxylation is 3. The fourth-order valence-electron chi connectivity index (χ4n) is 5.71. The van der Waals surface area contributed by atoms with Crippen molar-refractivity contribution in [2.24, 2.45) is 7.05 Å². The van der Waals surface area contributed by atoms with Gasteiger partial charge in [0.1, 0.15) is 28.8 Å². The molecule has 0 aliphatic heterocycles. The second-order valence-electron chi connectivity index (χ2n) is 12.4. The Bertz CT molecular complexity index is 2030. The van der Waals surface area contributed by atoms with Gasteiger partial charge in [-0.05, 0) is 87.2 Å². The largest absolute Gasteiger partial charge is 0.514 e. The fourth-order valence-corrected chi connectivity index (χ4v) is 5.71. The summed E-state index contributed by atoms with van der Waals surface area (Å²) < 4.78 is 29.2. The number of hydrogen-bond donors (Lipinski definition) is 0. The smallest absolute Gasteiger partial charge is 0.428 e. The molecule has 7 nitrogen and oxygen atoms in total. The lowest BCUT2D eigenvalue weighted by atomic mass is 10.0. The molecule has 0 N–H and O–H groups in total. The zero-order chi connectivity index (χ0) is 31.9. The molecule has 0 spiro atoms. The van der Waals surface area contributed by atoms with Crippen molar-refractivity contribution >= 4 is 28.2 Å². The third kappa shape index (κ3) is 6.18. The Hall–Kier alpha value is -4.98. The van der Waals surface area contributed by atoms with Crippen molar-refractivity contribution in [2.45, 2.75) is 59.6 Å². The molecule has 0 unspecified atom stereocenters. The number of rotatable bonds is 7. The molecule has 0 saturated heterocycles. The second kappa shape index (κ2) is 11.8. The van der Waals surface area contributed by atoms with Crippen LogP contribution in [0.15, 0.2) is 78.9 Å². The van der Waals surface area contributed by atoms with Gasteiger partial charge < -0.3 is 18.6 Å². The SMILES string of the molecule is CCCc1nc2c(C)cc(-c3nc4ccc(F)cc4n3C)cc2n1Cc1ccc(-c2ccccc2OC(=O)OC(C)(C)C)cc1. The monoisotopic (exact) mass is 604 g/mol. The molecule has 45 heavy (non-hydrogen) atoms. The summed E-state index contributed by atoms with van der Waals surface area (Å²) in [5.41, 5.74) is 7.73. The maximum absolute atomic E-state index is 14.0. The lowest BCUT2D eigenvalue weighted by Gasteiger charge is -2.19. The van der Waals surface area contributed by atoms with Crippen LogP contribution in [-0.4, -0.2) is 30.9 Å². The number of benzene rings is 4. The first-order valence-electron chi connectivity index (χ1n) is 15.2. The normalized spacial score (nSPS) is 11.8. The summed E-state index contributed by atoms with van der Waals surface area (Å²) in [6, 6.07) is 24.7. The van der Waals surface area contributed by atoms with Crippen LogP contribution < -0.4 is 4.74 Å². The number of nitrogens with zero attached hydrogens (tertiary/aromatic N) is 4. The molecule has 0 atom stereocenters. The number of aromatic nitrogens is 4. The molecule has 8 heteroatoms. The van der Waals surface area contributed by atoms with Crippen molar-refractivity contribution < 1.29 is 18.7 Å². The van der Waals surface area contributed by atoms with Gasteiger partial charge in [-0.25, -0.2) is 19.2 Å². The van der Waals surface area contributed by atoms with E-state index in [0.29, 0.717) is 12.3 Å². The molecule has 0 saturated carbocycles. The maximum atomic E-state index is 14.0. The number of hydrogen-bond acceptors (Lipinski definition) is 5. The molecule has 230 valence electrons. The van der Waals surface area contributed by atoms with E-state index in [9.17, 15) is 9.18 Å². The van der Waals surface area contributed by atoms with Crippen molar-refractivity contribution in [1.82, 2.24) is 19.1 Å². The van der Waals surface area contributed by atoms with Gasteiger partial charge in [-0.2, -0.15) is 0 Å². The first-order valence-corrected chi connectivity index (χ1v) is 15.2. The fraction of sp³-hybridized carbons (Fsp3) is 0.270. The van der Waals surface area contributed by atoms with E-state index in [-0.39, 0.29) is 5.82 Å². The molecule has 0 bridgehead atoms. The summed E-state index contributed by atoms with van der Waals surface area (Å²) in [4.78, 5) is 22.3. The predicted molar refractivity (Wildman–Crippen MR) is 176 cm³/mol. The number of imidazole rings is 2. The van der Waals surface area contributed by atoms with Crippen LogP contribution in [0.4, 0.5) is 9.18 Å². The lowest BCUT2D eigenvalue weighted by molar-refractivity contribution is 0.0207. The van der Waals surface area contributed by atoms with Crippen molar-refractivity contribution in [3.8, 4) is 28.3 Å². The van der Waals surface area contributed by atoms with Crippen molar-refractivity contribution in [1.29, 1.82) is 0 Å². The molecule has 6 aromatic rings. The minimum atomic E-state index is -0.734. The van der Waals surface area contributed by atoms with E-state index in [1.165, 1.54) is 12.1 Å². The maximum Gasteiger partial charge on any atom is 0.514 e. The number of para-hydroxylation sites is 1. The average molecular weight is 605 g/mol. The van der Waals surface area contributed by atoms with E-state index >= 15 is 0 Å².